The maximum Gasteiger partial charge on any atom is 0.137 e. The molecule has 0 radical (unpaired) electrons. The summed E-state index contributed by atoms with van der Waals surface area (Å²) >= 11 is 0. The fraction of sp³-hybridized carbons (Fsp3) is 0.381. The first-order valence-electron chi connectivity index (χ1n) is 9.08. The van der Waals surface area contributed by atoms with Crippen molar-refractivity contribution in [2.75, 3.05) is 31.1 Å². The van der Waals surface area contributed by atoms with Crippen LogP contribution >= 0.6 is 0 Å². The highest BCUT2D eigenvalue weighted by molar-refractivity contribution is 5.56. The van der Waals surface area contributed by atoms with E-state index in [4.69, 9.17) is 4.98 Å². The molecule has 25 heavy (non-hydrogen) atoms. The Balaban J connectivity index is 1.42. The molecule has 0 N–H and O–H groups in total. The molecular weight excluding hydrogens is 308 g/mol. The van der Waals surface area contributed by atoms with E-state index >= 15 is 0 Å². The Morgan fingerprint density at radius 1 is 0.920 bits per heavy atom. The maximum atomic E-state index is 4.76. The molecule has 0 unspecified atom stereocenters. The largest absolute Gasteiger partial charge is 0.369 e. The molecule has 0 amide bonds. The predicted octanol–water partition coefficient (Wildman–Crippen LogP) is 3.58. The fourth-order valence-corrected chi connectivity index (χ4v) is 3.69. The highest BCUT2D eigenvalue weighted by Crippen LogP contribution is 2.24. The molecule has 3 aromatic rings. The number of imidazole rings is 1. The third-order valence-corrected chi connectivity index (χ3v) is 5.32. The van der Waals surface area contributed by atoms with Crippen LogP contribution in [-0.2, 0) is 6.54 Å². The zero-order chi connectivity index (χ0) is 17.4. The predicted molar refractivity (Wildman–Crippen MR) is 103 cm³/mol. The lowest BCUT2D eigenvalue weighted by molar-refractivity contribution is 0.247. The number of nitrogens with zero attached hydrogens (tertiary/aromatic N) is 4. The number of aryl methyl sites for hydroxylation is 2. The number of hydrogen-bond donors (Lipinski definition) is 0. The summed E-state index contributed by atoms with van der Waals surface area (Å²) in [6.45, 7) is 11.8. The van der Waals surface area contributed by atoms with Crippen LogP contribution in [0.25, 0.3) is 5.65 Å². The SMILES string of the molecule is Cc1ccc2nc(CN3CCN(c4cccc(C)c4C)CC3)cn2c1. The number of piperazine rings is 1. The third-order valence-electron chi connectivity index (χ3n) is 5.32. The quantitative estimate of drug-likeness (QED) is 0.731. The highest BCUT2D eigenvalue weighted by Gasteiger charge is 2.19. The van der Waals surface area contributed by atoms with Crippen molar-refractivity contribution < 1.29 is 0 Å². The zero-order valence-electron chi connectivity index (χ0n) is 15.4. The molecule has 0 aliphatic carbocycles. The van der Waals surface area contributed by atoms with E-state index in [0.717, 1.165) is 44.1 Å². The molecule has 1 aliphatic heterocycles. The molecule has 1 saturated heterocycles. The molecule has 4 heteroatoms. The van der Waals surface area contributed by atoms with Gasteiger partial charge in [-0.25, -0.2) is 4.98 Å². The third kappa shape index (κ3) is 3.27. The average Bonchev–Trinajstić information content (AvgIpc) is 2.99. The van der Waals surface area contributed by atoms with Crippen molar-refractivity contribution in [2.45, 2.75) is 27.3 Å². The normalized spacial score (nSPS) is 15.9. The van der Waals surface area contributed by atoms with E-state index in [1.54, 1.807) is 0 Å². The van der Waals surface area contributed by atoms with E-state index in [0.29, 0.717) is 0 Å². The molecule has 0 atom stereocenters. The van der Waals surface area contributed by atoms with Gasteiger partial charge in [-0.15, -0.1) is 0 Å². The molecule has 3 heterocycles. The molecular formula is C21H26N4. The lowest BCUT2D eigenvalue weighted by atomic mass is 10.1. The summed E-state index contributed by atoms with van der Waals surface area (Å²) in [6, 6.07) is 10.8. The van der Waals surface area contributed by atoms with Gasteiger partial charge in [-0.1, -0.05) is 18.2 Å². The van der Waals surface area contributed by atoms with Gasteiger partial charge in [-0.3, -0.25) is 4.90 Å². The monoisotopic (exact) mass is 334 g/mol. The smallest absolute Gasteiger partial charge is 0.137 e. The number of aromatic nitrogens is 2. The second-order valence-electron chi connectivity index (χ2n) is 7.19. The Bertz CT molecular complexity index is 888. The molecule has 0 spiro atoms. The van der Waals surface area contributed by atoms with Crippen LogP contribution in [0.15, 0.2) is 42.7 Å². The molecule has 130 valence electrons. The second-order valence-corrected chi connectivity index (χ2v) is 7.19. The van der Waals surface area contributed by atoms with Crippen molar-refractivity contribution in [1.29, 1.82) is 0 Å². The van der Waals surface area contributed by atoms with Crippen LogP contribution < -0.4 is 4.90 Å². The van der Waals surface area contributed by atoms with Crippen LogP contribution in [0.2, 0.25) is 0 Å². The van der Waals surface area contributed by atoms with Crippen LogP contribution in [-0.4, -0.2) is 40.5 Å². The molecule has 1 fully saturated rings. The summed E-state index contributed by atoms with van der Waals surface area (Å²) < 4.78 is 2.14. The minimum absolute atomic E-state index is 0.932. The first-order valence-corrected chi connectivity index (χ1v) is 9.08. The Kier molecular flexibility index (Phi) is 4.22. The molecule has 1 aliphatic rings. The Morgan fingerprint density at radius 3 is 2.52 bits per heavy atom. The van der Waals surface area contributed by atoms with Crippen LogP contribution in [0.1, 0.15) is 22.4 Å². The summed E-state index contributed by atoms with van der Waals surface area (Å²) in [5.74, 6) is 0. The number of anilines is 1. The number of pyridine rings is 1. The number of fused-ring (bicyclic) bond motifs is 1. The molecule has 2 aromatic heterocycles. The summed E-state index contributed by atoms with van der Waals surface area (Å²) in [7, 11) is 0. The topological polar surface area (TPSA) is 23.8 Å². The minimum Gasteiger partial charge on any atom is -0.369 e. The Labute approximate surface area is 149 Å². The highest BCUT2D eigenvalue weighted by atomic mass is 15.3. The van der Waals surface area contributed by atoms with Crippen molar-refractivity contribution in [3.63, 3.8) is 0 Å². The lowest BCUT2D eigenvalue weighted by Gasteiger charge is -2.36. The van der Waals surface area contributed by atoms with Gasteiger partial charge >= 0.3 is 0 Å². The second kappa shape index (κ2) is 6.52. The lowest BCUT2D eigenvalue weighted by Crippen LogP contribution is -2.46. The standard InChI is InChI=1S/C21H26N4/c1-16-7-8-21-22-19(15-25(21)13-16)14-23-9-11-24(12-10-23)20-6-4-5-17(2)18(20)3/h4-8,13,15H,9-12,14H2,1-3H3. The van der Waals surface area contributed by atoms with Gasteiger partial charge in [0.05, 0.1) is 5.69 Å². The van der Waals surface area contributed by atoms with Crippen LogP contribution in [0, 0.1) is 20.8 Å². The van der Waals surface area contributed by atoms with Crippen LogP contribution in [0.4, 0.5) is 5.69 Å². The van der Waals surface area contributed by atoms with Gasteiger partial charge in [0.15, 0.2) is 0 Å². The molecule has 1 aromatic carbocycles. The van der Waals surface area contributed by atoms with E-state index < -0.39 is 0 Å². The minimum atomic E-state index is 0.932. The van der Waals surface area contributed by atoms with E-state index in [2.05, 4.69) is 77.7 Å². The van der Waals surface area contributed by atoms with Crippen molar-refractivity contribution in [1.82, 2.24) is 14.3 Å². The van der Waals surface area contributed by atoms with E-state index in [9.17, 15) is 0 Å². The number of rotatable bonds is 3. The van der Waals surface area contributed by atoms with Gasteiger partial charge in [-0.2, -0.15) is 0 Å². The van der Waals surface area contributed by atoms with Gasteiger partial charge in [0, 0.05) is 50.8 Å². The summed E-state index contributed by atoms with van der Waals surface area (Å²) in [4.78, 5) is 9.79. The number of hydrogen-bond acceptors (Lipinski definition) is 3. The van der Waals surface area contributed by atoms with E-state index in [-0.39, 0.29) is 0 Å². The fourth-order valence-electron chi connectivity index (χ4n) is 3.69. The summed E-state index contributed by atoms with van der Waals surface area (Å²) in [6.07, 6.45) is 4.31. The van der Waals surface area contributed by atoms with Gasteiger partial charge in [0.25, 0.3) is 0 Å². The van der Waals surface area contributed by atoms with Gasteiger partial charge in [-0.05, 0) is 49.6 Å². The molecule has 0 bridgehead atoms. The van der Waals surface area contributed by atoms with Gasteiger partial charge < -0.3 is 9.30 Å². The molecule has 4 rings (SSSR count). The van der Waals surface area contributed by atoms with Crippen LogP contribution in [0.3, 0.4) is 0 Å². The summed E-state index contributed by atoms with van der Waals surface area (Å²) in [5.41, 5.74) is 7.63. The van der Waals surface area contributed by atoms with E-state index in [1.807, 2.05) is 0 Å². The first-order chi connectivity index (χ1) is 12.1. The van der Waals surface area contributed by atoms with Crippen molar-refractivity contribution >= 4 is 11.3 Å². The Morgan fingerprint density at radius 2 is 1.72 bits per heavy atom. The van der Waals surface area contributed by atoms with Gasteiger partial charge in [0.1, 0.15) is 5.65 Å². The number of benzene rings is 1. The van der Waals surface area contributed by atoms with Crippen molar-refractivity contribution in [2.24, 2.45) is 0 Å². The van der Waals surface area contributed by atoms with Crippen molar-refractivity contribution in [3.8, 4) is 0 Å². The van der Waals surface area contributed by atoms with Gasteiger partial charge in [0.2, 0.25) is 0 Å². The van der Waals surface area contributed by atoms with E-state index in [1.165, 1.54) is 22.4 Å². The van der Waals surface area contributed by atoms with Crippen LogP contribution in [0.5, 0.6) is 0 Å². The Hall–Kier alpha value is -2.33. The molecule has 4 nitrogen and oxygen atoms in total. The first kappa shape index (κ1) is 16.2. The molecule has 0 saturated carbocycles. The van der Waals surface area contributed by atoms with Crippen molar-refractivity contribution in [3.05, 3.63) is 65.1 Å². The zero-order valence-corrected chi connectivity index (χ0v) is 15.4. The average molecular weight is 334 g/mol. The summed E-state index contributed by atoms with van der Waals surface area (Å²) in [5, 5.41) is 0. The maximum absolute atomic E-state index is 4.76.